The van der Waals surface area contributed by atoms with Crippen molar-refractivity contribution in [3.63, 3.8) is 0 Å². The molecule has 1 aromatic carbocycles. The normalized spacial score (nSPS) is 10.8. The number of nitrogens with two attached hydrogens (primary N) is 1. The van der Waals surface area contributed by atoms with Crippen molar-refractivity contribution in [2.24, 2.45) is 5.73 Å². The minimum absolute atomic E-state index is 0.0338. The van der Waals surface area contributed by atoms with Gasteiger partial charge >= 0.3 is 18.1 Å². The van der Waals surface area contributed by atoms with Gasteiger partial charge in [-0.1, -0.05) is 30.3 Å². The molecule has 0 aromatic heterocycles. The number of carboxylic acid groups (broad SMARTS) is 2. The first-order valence-corrected chi connectivity index (χ1v) is 6.15. The van der Waals surface area contributed by atoms with E-state index in [9.17, 15) is 18.0 Å². The first-order valence-electron chi connectivity index (χ1n) is 6.15. The van der Waals surface area contributed by atoms with Crippen molar-refractivity contribution in [2.75, 3.05) is 19.6 Å². The summed E-state index contributed by atoms with van der Waals surface area (Å²) in [6.45, 7) is 1.73. The lowest BCUT2D eigenvalue weighted by Gasteiger charge is -2.19. The number of rotatable bonds is 6. The van der Waals surface area contributed by atoms with Gasteiger partial charge in [0.1, 0.15) is 0 Å². The molecule has 124 valence electrons. The quantitative estimate of drug-likeness (QED) is 0.726. The number of aliphatic carboxylic acids is 2. The number of hydrogen-bond donors (Lipinski definition) is 3. The standard InChI is InChI=1S/C11H16N2O2.C2HF3O2/c12-6-7-13(9-11(14)15)8-10-4-2-1-3-5-10;3-2(4,5)1(6)7/h1-5H,6-9,12H2,(H,14,15);(H,6,7). The Kier molecular flexibility index (Phi) is 8.80. The van der Waals surface area contributed by atoms with E-state index in [4.69, 9.17) is 20.7 Å². The van der Waals surface area contributed by atoms with Crippen molar-refractivity contribution in [3.05, 3.63) is 35.9 Å². The highest BCUT2D eigenvalue weighted by Crippen LogP contribution is 2.13. The Morgan fingerprint density at radius 2 is 1.64 bits per heavy atom. The molecule has 6 nitrogen and oxygen atoms in total. The smallest absolute Gasteiger partial charge is 0.480 e. The molecular weight excluding hydrogens is 305 g/mol. The lowest BCUT2D eigenvalue weighted by molar-refractivity contribution is -0.192. The molecule has 0 aliphatic rings. The van der Waals surface area contributed by atoms with Gasteiger partial charge in [-0.3, -0.25) is 9.69 Å². The minimum atomic E-state index is -5.08. The van der Waals surface area contributed by atoms with Crippen molar-refractivity contribution < 1.29 is 33.0 Å². The van der Waals surface area contributed by atoms with Crippen LogP contribution in [-0.4, -0.2) is 52.9 Å². The van der Waals surface area contributed by atoms with Crippen LogP contribution in [0.3, 0.4) is 0 Å². The Balaban J connectivity index is 0.000000534. The van der Waals surface area contributed by atoms with Crippen LogP contribution >= 0.6 is 0 Å². The first-order chi connectivity index (χ1) is 10.2. The van der Waals surface area contributed by atoms with Gasteiger partial charge in [-0.2, -0.15) is 13.2 Å². The Morgan fingerprint density at radius 3 is 2.00 bits per heavy atom. The molecule has 0 radical (unpaired) electrons. The summed E-state index contributed by atoms with van der Waals surface area (Å²) in [5.74, 6) is -3.58. The molecule has 1 rings (SSSR count). The van der Waals surface area contributed by atoms with E-state index in [1.54, 1.807) is 0 Å². The summed E-state index contributed by atoms with van der Waals surface area (Å²) >= 11 is 0. The zero-order valence-electron chi connectivity index (χ0n) is 11.6. The number of nitrogens with zero attached hydrogens (tertiary/aromatic N) is 1. The van der Waals surface area contributed by atoms with Crippen molar-refractivity contribution in [1.29, 1.82) is 0 Å². The zero-order valence-corrected chi connectivity index (χ0v) is 11.6. The van der Waals surface area contributed by atoms with Crippen LogP contribution in [0.4, 0.5) is 13.2 Å². The van der Waals surface area contributed by atoms with Crippen molar-refractivity contribution >= 4 is 11.9 Å². The van der Waals surface area contributed by atoms with Gasteiger partial charge in [0.25, 0.3) is 0 Å². The molecule has 0 saturated carbocycles. The second-order valence-electron chi connectivity index (χ2n) is 4.18. The lowest BCUT2D eigenvalue weighted by atomic mass is 10.2. The molecule has 22 heavy (non-hydrogen) atoms. The molecule has 0 aliphatic carbocycles. The topological polar surface area (TPSA) is 104 Å². The van der Waals surface area contributed by atoms with Gasteiger partial charge in [-0.15, -0.1) is 0 Å². The highest BCUT2D eigenvalue weighted by atomic mass is 19.4. The van der Waals surface area contributed by atoms with Crippen molar-refractivity contribution in [2.45, 2.75) is 12.7 Å². The fourth-order valence-electron chi connectivity index (χ4n) is 1.43. The molecule has 1 aromatic rings. The maximum atomic E-state index is 10.6. The molecule has 0 unspecified atom stereocenters. The molecule has 0 aliphatic heterocycles. The zero-order chi connectivity index (χ0) is 17.2. The number of benzene rings is 1. The fourth-order valence-corrected chi connectivity index (χ4v) is 1.43. The van der Waals surface area contributed by atoms with Crippen LogP contribution in [0.5, 0.6) is 0 Å². The van der Waals surface area contributed by atoms with Crippen LogP contribution in [0.15, 0.2) is 30.3 Å². The van der Waals surface area contributed by atoms with E-state index in [1.165, 1.54) is 0 Å². The molecule has 0 atom stereocenters. The van der Waals surface area contributed by atoms with Gasteiger partial charge < -0.3 is 15.9 Å². The highest BCUT2D eigenvalue weighted by Gasteiger charge is 2.38. The van der Waals surface area contributed by atoms with Crippen LogP contribution in [0.25, 0.3) is 0 Å². The molecule has 0 fully saturated rings. The summed E-state index contributed by atoms with van der Waals surface area (Å²) in [5.41, 5.74) is 6.53. The maximum Gasteiger partial charge on any atom is 0.490 e. The third-order valence-corrected chi connectivity index (χ3v) is 2.30. The van der Waals surface area contributed by atoms with E-state index in [2.05, 4.69) is 0 Å². The number of alkyl halides is 3. The third kappa shape index (κ3) is 9.72. The van der Waals surface area contributed by atoms with Gasteiger partial charge in [0.2, 0.25) is 0 Å². The average molecular weight is 322 g/mol. The van der Waals surface area contributed by atoms with E-state index >= 15 is 0 Å². The number of carbonyl (C=O) groups is 2. The second kappa shape index (κ2) is 9.74. The fraction of sp³-hybridized carbons (Fsp3) is 0.385. The molecule has 0 saturated heterocycles. The van der Waals surface area contributed by atoms with Gasteiger partial charge in [0, 0.05) is 19.6 Å². The Labute approximate surface area is 124 Å². The summed E-state index contributed by atoms with van der Waals surface area (Å²) in [6, 6.07) is 9.78. The summed E-state index contributed by atoms with van der Waals surface area (Å²) in [6.07, 6.45) is -5.08. The number of hydrogen-bond acceptors (Lipinski definition) is 4. The molecule has 0 amide bonds. The second-order valence-corrected chi connectivity index (χ2v) is 4.18. The predicted octanol–water partition coefficient (Wildman–Crippen LogP) is 1.17. The van der Waals surface area contributed by atoms with Crippen LogP contribution in [0, 0.1) is 0 Å². The van der Waals surface area contributed by atoms with Gasteiger partial charge in [0.15, 0.2) is 0 Å². The van der Waals surface area contributed by atoms with Gasteiger partial charge in [-0.25, -0.2) is 4.79 Å². The van der Waals surface area contributed by atoms with Crippen molar-refractivity contribution in [1.82, 2.24) is 4.90 Å². The largest absolute Gasteiger partial charge is 0.490 e. The van der Waals surface area contributed by atoms with E-state index in [-0.39, 0.29) is 6.54 Å². The monoisotopic (exact) mass is 322 g/mol. The lowest BCUT2D eigenvalue weighted by Crippen LogP contribution is -2.33. The highest BCUT2D eigenvalue weighted by molar-refractivity contribution is 5.73. The minimum Gasteiger partial charge on any atom is -0.480 e. The molecule has 0 spiro atoms. The Hall–Kier alpha value is -2.13. The van der Waals surface area contributed by atoms with Crippen LogP contribution in [-0.2, 0) is 16.1 Å². The summed E-state index contributed by atoms with van der Waals surface area (Å²) in [5, 5.41) is 15.8. The van der Waals surface area contributed by atoms with Crippen molar-refractivity contribution in [3.8, 4) is 0 Å². The van der Waals surface area contributed by atoms with E-state index < -0.39 is 18.1 Å². The Morgan fingerprint density at radius 1 is 1.14 bits per heavy atom. The molecular formula is C13H17F3N2O4. The maximum absolute atomic E-state index is 10.6. The third-order valence-electron chi connectivity index (χ3n) is 2.30. The first kappa shape index (κ1) is 19.9. The predicted molar refractivity (Wildman–Crippen MR) is 72.1 cm³/mol. The molecule has 0 heterocycles. The van der Waals surface area contributed by atoms with E-state index in [0.29, 0.717) is 19.6 Å². The van der Waals surface area contributed by atoms with Gasteiger partial charge in [0.05, 0.1) is 6.54 Å². The Bertz CT molecular complexity index is 466. The molecule has 4 N–H and O–H groups in total. The SMILES string of the molecule is NCCN(CC(=O)O)Cc1ccccc1.O=C(O)C(F)(F)F. The van der Waals surface area contributed by atoms with Crippen LogP contribution < -0.4 is 5.73 Å². The molecule has 0 bridgehead atoms. The average Bonchev–Trinajstić information content (AvgIpc) is 2.39. The van der Waals surface area contributed by atoms with E-state index in [0.717, 1.165) is 5.56 Å². The van der Waals surface area contributed by atoms with Crippen LogP contribution in [0.2, 0.25) is 0 Å². The van der Waals surface area contributed by atoms with Crippen LogP contribution in [0.1, 0.15) is 5.56 Å². The summed E-state index contributed by atoms with van der Waals surface area (Å²) in [4.78, 5) is 21.3. The van der Waals surface area contributed by atoms with Gasteiger partial charge in [-0.05, 0) is 5.56 Å². The number of halogens is 3. The molecule has 9 heteroatoms. The summed E-state index contributed by atoms with van der Waals surface area (Å²) in [7, 11) is 0. The number of carboxylic acids is 2. The van der Waals surface area contributed by atoms with E-state index in [1.807, 2.05) is 35.2 Å². The summed E-state index contributed by atoms with van der Waals surface area (Å²) < 4.78 is 31.7.